The molecule has 0 aliphatic carbocycles. The molecule has 0 bridgehead atoms. The third kappa shape index (κ3) is 5.18. The van der Waals surface area contributed by atoms with Crippen molar-refractivity contribution in [2.24, 2.45) is 0 Å². The number of aromatic nitrogens is 1. The summed E-state index contributed by atoms with van der Waals surface area (Å²) in [5.41, 5.74) is 2.59. The minimum atomic E-state index is -4.26. The smallest absolute Gasteiger partial charge is 0.354 e. The minimum absolute atomic E-state index is 0.0128. The lowest BCUT2D eigenvalue weighted by Gasteiger charge is -2.11. The molecule has 0 aromatic carbocycles. The molecule has 1 saturated heterocycles. The van der Waals surface area contributed by atoms with Crippen LogP contribution in [-0.4, -0.2) is 34.7 Å². The van der Waals surface area contributed by atoms with Crippen LogP contribution in [0.25, 0.3) is 0 Å². The van der Waals surface area contributed by atoms with Crippen molar-refractivity contribution in [3.8, 4) is 0 Å². The van der Waals surface area contributed by atoms with Crippen LogP contribution in [-0.2, 0) is 4.79 Å². The molecule has 1 aromatic rings. The number of nitrogens with zero attached hydrogens (tertiary/aromatic N) is 1. The topological polar surface area (TPSA) is 66.0 Å². The molecule has 9 heteroatoms. The molecule has 21 heavy (non-hydrogen) atoms. The van der Waals surface area contributed by atoms with Crippen LogP contribution >= 0.6 is 11.8 Å². The number of pyridine rings is 1. The summed E-state index contributed by atoms with van der Waals surface area (Å²) in [7, 11) is 0. The predicted octanol–water partition coefficient (Wildman–Crippen LogP) is 1.36. The summed E-state index contributed by atoms with van der Waals surface area (Å²) in [5.74, 6) is -0.495. The van der Waals surface area contributed by atoms with Gasteiger partial charge in [-0.1, -0.05) is 0 Å². The number of hydrogen-bond donors (Lipinski definition) is 3. The molecule has 0 radical (unpaired) electrons. The molecular weight excluding hydrogens is 305 g/mol. The van der Waals surface area contributed by atoms with Gasteiger partial charge in [0.05, 0.1) is 0 Å². The van der Waals surface area contributed by atoms with E-state index in [0.717, 1.165) is 5.56 Å². The summed E-state index contributed by atoms with van der Waals surface area (Å²) in [5, 5.41) is 2.49. The molecule has 0 spiro atoms. The van der Waals surface area contributed by atoms with Crippen molar-refractivity contribution in [1.82, 2.24) is 21.2 Å². The largest absolute Gasteiger partial charge is 0.441 e. The molecule has 1 aliphatic heterocycles. The van der Waals surface area contributed by atoms with Gasteiger partial charge in [-0.15, -0.1) is 0 Å². The Morgan fingerprint density at radius 3 is 2.76 bits per heavy atom. The second kappa shape index (κ2) is 7.10. The number of halogens is 3. The molecule has 1 fully saturated rings. The highest BCUT2D eigenvalue weighted by Crippen LogP contribution is 2.29. The summed E-state index contributed by atoms with van der Waals surface area (Å²) in [6, 6.07) is 3.21. The van der Waals surface area contributed by atoms with Crippen LogP contribution < -0.4 is 16.2 Å². The zero-order chi connectivity index (χ0) is 15.3. The number of nitrogens with one attached hydrogen (secondary N) is 3. The molecule has 3 N–H and O–H groups in total. The van der Waals surface area contributed by atoms with Crippen molar-refractivity contribution in [2.45, 2.75) is 24.0 Å². The highest BCUT2D eigenvalue weighted by molar-refractivity contribution is 8.00. The Kier molecular flexibility index (Phi) is 5.43. The van der Waals surface area contributed by atoms with Crippen LogP contribution in [0.3, 0.4) is 0 Å². The maximum Gasteiger partial charge on any atom is 0.441 e. The van der Waals surface area contributed by atoms with Crippen molar-refractivity contribution < 1.29 is 18.0 Å². The van der Waals surface area contributed by atoms with Gasteiger partial charge in [-0.3, -0.25) is 9.78 Å². The molecule has 2 unspecified atom stereocenters. The molecule has 1 amide bonds. The quantitative estimate of drug-likeness (QED) is 0.715. The van der Waals surface area contributed by atoms with Crippen molar-refractivity contribution in [1.29, 1.82) is 0 Å². The fraction of sp³-hybridized carbons (Fsp3) is 0.500. The first-order chi connectivity index (χ1) is 9.96. The lowest BCUT2D eigenvalue weighted by Crippen LogP contribution is -2.43. The Morgan fingerprint density at radius 1 is 1.38 bits per heavy atom. The Morgan fingerprint density at radius 2 is 2.10 bits per heavy atom. The Labute approximate surface area is 124 Å². The molecule has 1 aromatic heterocycles. The van der Waals surface area contributed by atoms with E-state index in [1.165, 1.54) is 0 Å². The van der Waals surface area contributed by atoms with Gasteiger partial charge in [0.1, 0.15) is 6.04 Å². The van der Waals surface area contributed by atoms with E-state index in [1.807, 2.05) is 12.1 Å². The Bertz CT molecular complexity index is 471. The van der Waals surface area contributed by atoms with E-state index in [-0.39, 0.29) is 36.0 Å². The first-order valence-electron chi connectivity index (χ1n) is 6.35. The zero-order valence-electron chi connectivity index (χ0n) is 11.0. The van der Waals surface area contributed by atoms with Gasteiger partial charge in [0.25, 0.3) is 0 Å². The van der Waals surface area contributed by atoms with E-state index in [2.05, 4.69) is 21.2 Å². The predicted molar refractivity (Wildman–Crippen MR) is 73.2 cm³/mol. The minimum Gasteiger partial charge on any atom is -0.354 e. The summed E-state index contributed by atoms with van der Waals surface area (Å²) >= 11 is -0.142. The molecule has 2 rings (SSSR count). The first-order valence-corrected chi connectivity index (χ1v) is 7.33. The van der Waals surface area contributed by atoms with Crippen LogP contribution in [0.15, 0.2) is 24.5 Å². The number of amides is 1. The summed E-state index contributed by atoms with van der Waals surface area (Å²) < 4.78 is 35.8. The lowest BCUT2D eigenvalue weighted by atomic mass is 10.0. The van der Waals surface area contributed by atoms with E-state index in [0.29, 0.717) is 6.42 Å². The lowest BCUT2D eigenvalue weighted by molar-refractivity contribution is -0.122. The van der Waals surface area contributed by atoms with E-state index in [4.69, 9.17) is 0 Å². The normalized spacial score (nSPS) is 22.2. The number of rotatable bonds is 5. The SMILES string of the molecule is O=C(NCCSC(F)(F)F)C1CC(c2ccncc2)NN1. The summed E-state index contributed by atoms with van der Waals surface area (Å²) in [4.78, 5) is 15.7. The fourth-order valence-electron chi connectivity index (χ4n) is 2.01. The molecule has 1 aliphatic rings. The highest BCUT2D eigenvalue weighted by Gasteiger charge is 2.30. The third-order valence-corrected chi connectivity index (χ3v) is 3.73. The zero-order valence-corrected chi connectivity index (χ0v) is 11.8. The maximum absolute atomic E-state index is 11.9. The fourth-order valence-corrected chi connectivity index (χ4v) is 2.44. The van der Waals surface area contributed by atoms with E-state index >= 15 is 0 Å². The average Bonchev–Trinajstić information content (AvgIpc) is 2.93. The second-order valence-electron chi connectivity index (χ2n) is 4.50. The number of alkyl halides is 3. The van der Waals surface area contributed by atoms with Gasteiger partial charge in [-0.05, 0) is 35.9 Å². The van der Waals surface area contributed by atoms with E-state index < -0.39 is 11.6 Å². The Balaban J connectivity index is 1.73. The number of carbonyl (C=O) groups is 1. The van der Waals surface area contributed by atoms with E-state index in [1.54, 1.807) is 12.4 Å². The monoisotopic (exact) mass is 320 g/mol. The molecule has 5 nitrogen and oxygen atoms in total. The van der Waals surface area contributed by atoms with Gasteiger partial charge in [0.2, 0.25) is 5.91 Å². The number of carbonyl (C=O) groups excluding carboxylic acids is 1. The van der Waals surface area contributed by atoms with E-state index in [9.17, 15) is 18.0 Å². The molecular formula is C12H15F3N4OS. The molecule has 0 saturated carbocycles. The van der Waals surface area contributed by atoms with Gasteiger partial charge < -0.3 is 5.32 Å². The summed E-state index contributed by atoms with van der Waals surface area (Å²) in [6.07, 6.45) is 3.86. The van der Waals surface area contributed by atoms with Gasteiger partial charge in [-0.2, -0.15) is 13.2 Å². The van der Waals surface area contributed by atoms with Crippen LogP contribution in [0.2, 0.25) is 0 Å². The standard InChI is InChI=1S/C12H15F3N4OS/c13-12(14,15)21-6-5-17-11(20)10-7-9(18-19-10)8-1-3-16-4-2-8/h1-4,9-10,18-19H,5-7H2,(H,17,20). The first kappa shape index (κ1) is 16.1. The average molecular weight is 320 g/mol. The molecule has 116 valence electrons. The summed E-state index contributed by atoms with van der Waals surface area (Å²) in [6.45, 7) is -0.0128. The van der Waals surface area contributed by atoms with Gasteiger partial charge in [-0.25, -0.2) is 10.9 Å². The van der Waals surface area contributed by atoms with Crippen LogP contribution in [0.5, 0.6) is 0 Å². The van der Waals surface area contributed by atoms with Gasteiger partial charge in [0.15, 0.2) is 0 Å². The number of hydrazine groups is 1. The van der Waals surface area contributed by atoms with Crippen molar-refractivity contribution in [3.05, 3.63) is 30.1 Å². The van der Waals surface area contributed by atoms with Gasteiger partial charge in [0, 0.05) is 30.7 Å². The molecule has 2 atom stereocenters. The molecule has 2 heterocycles. The third-order valence-electron chi connectivity index (χ3n) is 3.00. The van der Waals surface area contributed by atoms with Crippen molar-refractivity contribution in [3.63, 3.8) is 0 Å². The van der Waals surface area contributed by atoms with Crippen molar-refractivity contribution in [2.75, 3.05) is 12.3 Å². The maximum atomic E-state index is 11.9. The van der Waals surface area contributed by atoms with Crippen LogP contribution in [0.1, 0.15) is 18.0 Å². The highest BCUT2D eigenvalue weighted by atomic mass is 32.2. The Hall–Kier alpha value is -1.32. The number of hydrogen-bond acceptors (Lipinski definition) is 5. The van der Waals surface area contributed by atoms with Crippen molar-refractivity contribution >= 4 is 17.7 Å². The number of thioether (sulfide) groups is 1. The second-order valence-corrected chi connectivity index (χ2v) is 5.66. The van der Waals surface area contributed by atoms with Gasteiger partial charge >= 0.3 is 5.51 Å². The van der Waals surface area contributed by atoms with Crippen LogP contribution in [0, 0.1) is 0 Å². The van der Waals surface area contributed by atoms with Crippen LogP contribution in [0.4, 0.5) is 13.2 Å².